The van der Waals surface area contributed by atoms with Crippen molar-refractivity contribution in [2.24, 2.45) is 0 Å². The summed E-state index contributed by atoms with van der Waals surface area (Å²) in [4.78, 5) is 0. The van der Waals surface area contributed by atoms with Gasteiger partial charge in [-0.05, 0) is 49.5 Å². The van der Waals surface area contributed by atoms with Gasteiger partial charge in [-0.15, -0.1) is 0 Å². The Labute approximate surface area is 99.3 Å². The molecule has 0 amide bonds. The molecule has 0 unspecified atom stereocenters. The van der Waals surface area contributed by atoms with Crippen LogP contribution in [0.5, 0.6) is 5.75 Å². The van der Waals surface area contributed by atoms with Crippen LogP contribution in [0.2, 0.25) is 0 Å². The van der Waals surface area contributed by atoms with E-state index >= 15 is 0 Å². The minimum absolute atomic E-state index is 1.02. The first kappa shape index (κ1) is 10.7. The molecule has 1 nitrogen and oxygen atoms in total. The van der Waals surface area contributed by atoms with Gasteiger partial charge in [0.15, 0.2) is 0 Å². The van der Waals surface area contributed by atoms with E-state index in [4.69, 9.17) is 4.74 Å². The Balaban J connectivity index is 2.64. The summed E-state index contributed by atoms with van der Waals surface area (Å²) in [6, 6.07) is 4.12. The van der Waals surface area contributed by atoms with Crippen LogP contribution in [-0.4, -0.2) is 7.11 Å². The molecule has 0 fully saturated rings. The fourth-order valence-corrected chi connectivity index (χ4v) is 2.88. The fourth-order valence-electron chi connectivity index (χ4n) is 2.26. The quantitative estimate of drug-likeness (QED) is 0.741. The molecule has 2 heteroatoms. The number of ether oxygens (including phenoxy) is 1. The van der Waals surface area contributed by atoms with Crippen molar-refractivity contribution in [3.63, 3.8) is 0 Å². The highest BCUT2D eigenvalue weighted by molar-refractivity contribution is 9.10. The van der Waals surface area contributed by atoms with E-state index in [9.17, 15) is 0 Å². The Morgan fingerprint density at radius 1 is 1.33 bits per heavy atom. The van der Waals surface area contributed by atoms with Gasteiger partial charge in [-0.3, -0.25) is 0 Å². The van der Waals surface area contributed by atoms with Crippen LogP contribution in [0.25, 0.3) is 5.57 Å². The Morgan fingerprint density at radius 2 is 2.13 bits per heavy atom. The summed E-state index contributed by atoms with van der Waals surface area (Å²) in [6.07, 6.45) is 5.73. The topological polar surface area (TPSA) is 9.23 Å². The van der Waals surface area contributed by atoms with Crippen molar-refractivity contribution in [1.29, 1.82) is 0 Å². The van der Waals surface area contributed by atoms with Gasteiger partial charge in [-0.2, -0.15) is 0 Å². The molecule has 0 radical (unpaired) electrons. The Bertz CT molecular complexity index is 407. The highest BCUT2D eigenvalue weighted by Gasteiger charge is 2.19. The molecule has 0 saturated heterocycles. The first-order valence-electron chi connectivity index (χ1n) is 5.29. The van der Waals surface area contributed by atoms with Crippen molar-refractivity contribution in [3.8, 4) is 5.75 Å². The van der Waals surface area contributed by atoms with Crippen molar-refractivity contribution in [1.82, 2.24) is 0 Å². The number of rotatable bonds is 1. The highest BCUT2D eigenvalue weighted by Crippen LogP contribution is 2.40. The van der Waals surface area contributed by atoms with E-state index < -0.39 is 0 Å². The van der Waals surface area contributed by atoms with Crippen LogP contribution in [0, 0.1) is 0 Å². The van der Waals surface area contributed by atoms with Gasteiger partial charge in [-0.1, -0.05) is 22.0 Å². The fraction of sp³-hybridized carbons (Fsp3) is 0.385. The minimum atomic E-state index is 1.02. The molecule has 0 atom stereocenters. The molecule has 0 spiro atoms. The summed E-state index contributed by atoms with van der Waals surface area (Å²) in [7, 11) is 1.74. The second-order valence-corrected chi connectivity index (χ2v) is 4.63. The summed E-state index contributed by atoms with van der Waals surface area (Å²) in [5, 5.41) is 0. The van der Waals surface area contributed by atoms with Gasteiger partial charge in [0.1, 0.15) is 5.75 Å². The van der Waals surface area contributed by atoms with Crippen LogP contribution in [0.1, 0.15) is 30.9 Å². The van der Waals surface area contributed by atoms with E-state index in [2.05, 4.69) is 35.0 Å². The molecule has 0 bridgehead atoms. The Morgan fingerprint density at radius 3 is 2.80 bits per heavy atom. The molecule has 0 heterocycles. The van der Waals surface area contributed by atoms with Crippen LogP contribution < -0.4 is 4.74 Å². The van der Waals surface area contributed by atoms with E-state index in [1.807, 2.05) is 6.07 Å². The van der Waals surface area contributed by atoms with Crippen LogP contribution in [-0.2, 0) is 6.42 Å². The molecule has 1 aliphatic rings. The molecule has 1 aromatic carbocycles. The zero-order valence-electron chi connectivity index (χ0n) is 9.14. The minimum Gasteiger partial charge on any atom is -0.496 e. The van der Waals surface area contributed by atoms with Crippen molar-refractivity contribution in [3.05, 3.63) is 33.8 Å². The van der Waals surface area contributed by atoms with Crippen molar-refractivity contribution in [2.45, 2.75) is 26.2 Å². The molecule has 2 rings (SSSR count). The number of halogens is 1. The lowest BCUT2D eigenvalue weighted by Crippen LogP contribution is -2.05. The third-order valence-corrected chi connectivity index (χ3v) is 3.64. The highest BCUT2D eigenvalue weighted by atomic mass is 79.9. The summed E-state index contributed by atoms with van der Waals surface area (Å²) in [5.41, 5.74) is 4.14. The molecule has 80 valence electrons. The van der Waals surface area contributed by atoms with E-state index in [0.29, 0.717) is 0 Å². The zero-order chi connectivity index (χ0) is 10.8. The van der Waals surface area contributed by atoms with Crippen molar-refractivity contribution >= 4 is 21.5 Å². The molecule has 1 aromatic rings. The SMILES string of the molecule is CC=C1CCCc2c(OC)ccc(Br)c21. The van der Waals surface area contributed by atoms with Gasteiger partial charge in [0.2, 0.25) is 0 Å². The van der Waals surface area contributed by atoms with E-state index in [1.165, 1.54) is 34.0 Å². The molecule has 0 aliphatic heterocycles. The molecule has 0 saturated carbocycles. The third kappa shape index (κ3) is 1.83. The number of allylic oxidation sites excluding steroid dienone is 2. The Hall–Kier alpha value is -0.760. The molecule has 1 aliphatic carbocycles. The normalized spacial score (nSPS) is 17.7. The van der Waals surface area contributed by atoms with E-state index in [-0.39, 0.29) is 0 Å². The van der Waals surface area contributed by atoms with Gasteiger partial charge in [0.25, 0.3) is 0 Å². The predicted molar refractivity (Wildman–Crippen MR) is 67.3 cm³/mol. The van der Waals surface area contributed by atoms with Crippen LogP contribution in [0.15, 0.2) is 22.7 Å². The van der Waals surface area contributed by atoms with Crippen molar-refractivity contribution < 1.29 is 4.74 Å². The van der Waals surface area contributed by atoms with Crippen molar-refractivity contribution in [2.75, 3.05) is 7.11 Å². The monoisotopic (exact) mass is 266 g/mol. The molecular formula is C13H15BrO. The maximum absolute atomic E-state index is 5.41. The first-order chi connectivity index (χ1) is 7.27. The lowest BCUT2D eigenvalue weighted by atomic mass is 9.87. The lowest BCUT2D eigenvalue weighted by molar-refractivity contribution is 0.408. The van der Waals surface area contributed by atoms with Gasteiger partial charge in [-0.25, -0.2) is 0 Å². The number of hydrogen-bond acceptors (Lipinski definition) is 1. The molecule has 15 heavy (non-hydrogen) atoms. The molecule has 0 N–H and O–H groups in total. The Kier molecular flexibility index (Phi) is 3.15. The predicted octanol–water partition coefficient (Wildman–Crippen LogP) is 4.20. The second-order valence-electron chi connectivity index (χ2n) is 3.77. The molecule has 0 aromatic heterocycles. The smallest absolute Gasteiger partial charge is 0.122 e. The number of benzene rings is 1. The first-order valence-corrected chi connectivity index (χ1v) is 6.08. The summed E-state index contributed by atoms with van der Waals surface area (Å²) in [5.74, 6) is 1.02. The maximum atomic E-state index is 5.41. The lowest BCUT2D eigenvalue weighted by Gasteiger charge is -2.22. The van der Waals surface area contributed by atoms with Gasteiger partial charge < -0.3 is 4.74 Å². The summed E-state index contributed by atoms with van der Waals surface area (Å²) >= 11 is 3.63. The number of methoxy groups -OCH3 is 1. The van der Waals surface area contributed by atoms with Gasteiger partial charge in [0, 0.05) is 10.0 Å². The van der Waals surface area contributed by atoms with Crippen LogP contribution in [0.3, 0.4) is 0 Å². The average molecular weight is 267 g/mol. The van der Waals surface area contributed by atoms with Gasteiger partial charge >= 0.3 is 0 Å². The van der Waals surface area contributed by atoms with E-state index in [1.54, 1.807) is 7.11 Å². The molecular weight excluding hydrogens is 252 g/mol. The van der Waals surface area contributed by atoms with Gasteiger partial charge in [0.05, 0.1) is 7.11 Å². The maximum Gasteiger partial charge on any atom is 0.122 e. The number of fused-ring (bicyclic) bond motifs is 1. The van der Waals surface area contributed by atoms with Crippen LogP contribution >= 0.6 is 15.9 Å². The summed E-state index contributed by atoms with van der Waals surface area (Å²) < 4.78 is 6.60. The second kappa shape index (κ2) is 4.40. The van der Waals surface area contributed by atoms with Crippen LogP contribution in [0.4, 0.5) is 0 Å². The average Bonchev–Trinajstić information content (AvgIpc) is 2.29. The van der Waals surface area contributed by atoms with E-state index in [0.717, 1.165) is 12.2 Å². The summed E-state index contributed by atoms with van der Waals surface area (Å²) in [6.45, 7) is 2.11. The number of hydrogen-bond donors (Lipinski definition) is 0. The largest absolute Gasteiger partial charge is 0.496 e. The standard InChI is InChI=1S/C13H15BrO/c1-3-9-5-4-6-10-12(15-2)8-7-11(14)13(9)10/h3,7-8H,4-6H2,1-2H3. The third-order valence-electron chi connectivity index (χ3n) is 2.98. The zero-order valence-corrected chi connectivity index (χ0v) is 10.7.